The van der Waals surface area contributed by atoms with Crippen molar-refractivity contribution in [3.63, 3.8) is 0 Å². The van der Waals surface area contributed by atoms with E-state index in [0.717, 1.165) is 29.0 Å². The summed E-state index contributed by atoms with van der Waals surface area (Å²) in [4.78, 5) is 12.5. The summed E-state index contributed by atoms with van der Waals surface area (Å²) in [6, 6.07) is 9.13. The number of fused-ring (bicyclic) bond motifs is 2. The van der Waals surface area contributed by atoms with Crippen LogP contribution in [0.3, 0.4) is 0 Å². The van der Waals surface area contributed by atoms with Crippen LogP contribution in [-0.2, 0) is 6.42 Å². The Hall–Kier alpha value is -2.95. The van der Waals surface area contributed by atoms with Crippen molar-refractivity contribution < 1.29 is 23.7 Å². The second-order valence-electron chi connectivity index (χ2n) is 6.33. The van der Waals surface area contributed by atoms with Crippen LogP contribution in [0.15, 0.2) is 36.4 Å². The number of ketones is 1. The van der Waals surface area contributed by atoms with E-state index >= 15 is 0 Å². The summed E-state index contributed by atoms with van der Waals surface area (Å²) < 4.78 is 22.2. The second kappa shape index (κ2) is 6.75. The molecule has 0 fully saturated rings. The van der Waals surface area contributed by atoms with Crippen LogP contribution in [0.1, 0.15) is 35.3 Å². The fraction of sp³-hybridized carbons (Fsp3) is 0.286. The average Bonchev–Trinajstić information content (AvgIpc) is 3.23. The molecule has 2 aromatic rings. The van der Waals surface area contributed by atoms with Crippen LogP contribution in [0.2, 0.25) is 0 Å². The van der Waals surface area contributed by atoms with E-state index in [0.29, 0.717) is 23.7 Å². The lowest BCUT2D eigenvalue weighted by Crippen LogP contribution is -2.05. The van der Waals surface area contributed by atoms with Crippen LogP contribution in [0, 0.1) is 0 Å². The highest BCUT2D eigenvalue weighted by Crippen LogP contribution is 2.36. The molecule has 0 aromatic heterocycles. The molecule has 26 heavy (non-hydrogen) atoms. The molecule has 2 aromatic carbocycles. The third-order valence-electron chi connectivity index (χ3n) is 4.40. The standard InChI is InChI=1S/C21H20O5/c1-3-23-19-11-16-8-13(2)26-20(16)10-15(19)4-6-17(22)14-5-7-18-21(9-14)25-12-24-18/h4-7,9-11,13H,3,8,12H2,1-2H3. The van der Waals surface area contributed by atoms with E-state index in [1.165, 1.54) is 0 Å². The Kier molecular flexibility index (Phi) is 4.29. The van der Waals surface area contributed by atoms with Crippen molar-refractivity contribution in [1.29, 1.82) is 0 Å². The highest BCUT2D eigenvalue weighted by molar-refractivity contribution is 6.07. The molecule has 0 saturated carbocycles. The van der Waals surface area contributed by atoms with E-state index in [-0.39, 0.29) is 18.7 Å². The van der Waals surface area contributed by atoms with E-state index < -0.39 is 0 Å². The summed E-state index contributed by atoms with van der Waals surface area (Å²) in [6.07, 6.45) is 4.34. The number of carbonyl (C=O) groups is 1. The molecular weight excluding hydrogens is 332 g/mol. The third-order valence-corrected chi connectivity index (χ3v) is 4.40. The molecule has 1 unspecified atom stereocenters. The molecular formula is C21H20O5. The first kappa shape index (κ1) is 16.5. The minimum Gasteiger partial charge on any atom is -0.493 e. The van der Waals surface area contributed by atoms with E-state index in [9.17, 15) is 4.79 Å². The van der Waals surface area contributed by atoms with Gasteiger partial charge in [-0.05, 0) is 56.3 Å². The lowest BCUT2D eigenvalue weighted by atomic mass is 10.0. The second-order valence-corrected chi connectivity index (χ2v) is 6.33. The molecule has 5 nitrogen and oxygen atoms in total. The Bertz CT molecular complexity index is 884. The van der Waals surface area contributed by atoms with Gasteiger partial charge in [-0.15, -0.1) is 0 Å². The number of hydrogen-bond donors (Lipinski definition) is 0. The van der Waals surface area contributed by atoms with Crippen LogP contribution < -0.4 is 18.9 Å². The van der Waals surface area contributed by atoms with E-state index in [1.54, 1.807) is 30.4 Å². The number of hydrogen-bond acceptors (Lipinski definition) is 5. The normalized spacial score (nSPS) is 17.2. The molecule has 2 heterocycles. The fourth-order valence-corrected chi connectivity index (χ4v) is 3.18. The Balaban J connectivity index is 1.60. The maximum atomic E-state index is 12.5. The minimum absolute atomic E-state index is 0.111. The number of allylic oxidation sites excluding steroid dienone is 1. The molecule has 0 spiro atoms. The van der Waals surface area contributed by atoms with Gasteiger partial charge in [-0.2, -0.15) is 0 Å². The summed E-state index contributed by atoms with van der Waals surface area (Å²) in [5.74, 6) is 2.77. The van der Waals surface area contributed by atoms with Crippen molar-refractivity contribution in [2.45, 2.75) is 26.4 Å². The maximum Gasteiger partial charge on any atom is 0.231 e. The maximum absolute atomic E-state index is 12.5. The predicted molar refractivity (Wildman–Crippen MR) is 97.3 cm³/mol. The number of carbonyl (C=O) groups excluding carboxylic acids is 1. The van der Waals surface area contributed by atoms with Gasteiger partial charge in [0.1, 0.15) is 17.6 Å². The Labute approximate surface area is 152 Å². The average molecular weight is 352 g/mol. The summed E-state index contributed by atoms with van der Waals surface area (Å²) in [5, 5.41) is 0. The van der Waals surface area contributed by atoms with Gasteiger partial charge in [0.15, 0.2) is 17.3 Å². The SMILES string of the molecule is CCOc1cc2c(cc1C=CC(=O)c1ccc3c(c1)OCO3)OC(C)C2. The number of rotatable bonds is 5. The molecule has 0 radical (unpaired) electrons. The van der Waals surface area contributed by atoms with Gasteiger partial charge in [0.2, 0.25) is 6.79 Å². The largest absolute Gasteiger partial charge is 0.493 e. The van der Waals surface area contributed by atoms with E-state index in [2.05, 4.69) is 0 Å². The van der Waals surface area contributed by atoms with Crippen molar-refractivity contribution in [3.8, 4) is 23.0 Å². The summed E-state index contributed by atoms with van der Waals surface area (Å²) >= 11 is 0. The van der Waals surface area contributed by atoms with Crippen molar-refractivity contribution in [2.75, 3.05) is 13.4 Å². The van der Waals surface area contributed by atoms with Crippen molar-refractivity contribution in [2.24, 2.45) is 0 Å². The van der Waals surface area contributed by atoms with Crippen LogP contribution in [-0.4, -0.2) is 25.3 Å². The zero-order valence-corrected chi connectivity index (χ0v) is 14.8. The number of benzene rings is 2. The zero-order chi connectivity index (χ0) is 18.1. The van der Waals surface area contributed by atoms with Gasteiger partial charge >= 0.3 is 0 Å². The highest BCUT2D eigenvalue weighted by Gasteiger charge is 2.21. The molecule has 2 aliphatic rings. The molecule has 1 atom stereocenters. The molecule has 0 aliphatic carbocycles. The van der Waals surface area contributed by atoms with Gasteiger partial charge in [-0.25, -0.2) is 0 Å². The van der Waals surface area contributed by atoms with Crippen LogP contribution in [0.4, 0.5) is 0 Å². The van der Waals surface area contributed by atoms with Gasteiger partial charge in [0, 0.05) is 23.1 Å². The molecule has 0 N–H and O–H groups in total. The van der Waals surface area contributed by atoms with E-state index in [4.69, 9.17) is 18.9 Å². The summed E-state index contributed by atoms with van der Waals surface area (Å²) in [7, 11) is 0. The lowest BCUT2D eigenvalue weighted by molar-refractivity contribution is 0.104. The summed E-state index contributed by atoms with van der Waals surface area (Å²) in [6.45, 7) is 4.73. The van der Waals surface area contributed by atoms with Gasteiger partial charge in [-0.1, -0.05) is 0 Å². The van der Waals surface area contributed by atoms with E-state index in [1.807, 2.05) is 26.0 Å². The summed E-state index contributed by atoms with van der Waals surface area (Å²) in [5.41, 5.74) is 2.52. The Morgan fingerprint density at radius 3 is 2.88 bits per heavy atom. The first-order valence-electron chi connectivity index (χ1n) is 8.72. The molecule has 5 heteroatoms. The minimum atomic E-state index is -0.111. The quantitative estimate of drug-likeness (QED) is 0.601. The van der Waals surface area contributed by atoms with Crippen LogP contribution >= 0.6 is 0 Å². The number of ether oxygens (including phenoxy) is 4. The van der Waals surface area contributed by atoms with Gasteiger partial charge < -0.3 is 18.9 Å². The third kappa shape index (κ3) is 3.12. The first-order valence-corrected chi connectivity index (χ1v) is 8.72. The van der Waals surface area contributed by atoms with Crippen molar-refractivity contribution >= 4 is 11.9 Å². The monoisotopic (exact) mass is 352 g/mol. The molecule has 0 amide bonds. The first-order chi connectivity index (χ1) is 12.6. The van der Waals surface area contributed by atoms with Crippen LogP contribution in [0.5, 0.6) is 23.0 Å². The van der Waals surface area contributed by atoms with Gasteiger partial charge in [0.05, 0.1) is 6.61 Å². The van der Waals surface area contributed by atoms with Crippen molar-refractivity contribution in [1.82, 2.24) is 0 Å². The van der Waals surface area contributed by atoms with Crippen LogP contribution in [0.25, 0.3) is 6.08 Å². The highest BCUT2D eigenvalue weighted by atomic mass is 16.7. The smallest absolute Gasteiger partial charge is 0.231 e. The molecule has 2 aliphatic heterocycles. The van der Waals surface area contributed by atoms with Gasteiger partial charge in [-0.3, -0.25) is 4.79 Å². The van der Waals surface area contributed by atoms with Gasteiger partial charge in [0.25, 0.3) is 0 Å². The molecule has 4 rings (SSSR count). The predicted octanol–water partition coefficient (Wildman–Crippen LogP) is 4.03. The zero-order valence-electron chi connectivity index (χ0n) is 14.8. The molecule has 0 bridgehead atoms. The Morgan fingerprint density at radius 2 is 2.04 bits per heavy atom. The fourth-order valence-electron chi connectivity index (χ4n) is 3.18. The Morgan fingerprint density at radius 1 is 1.19 bits per heavy atom. The lowest BCUT2D eigenvalue weighted by Gasteiger charge is -2.10. The topological polar surface area (TPSA) is 54.0 Å². The van der Waals surface area contributed by atoms with Crippen molar-refractivity contribution in [3.05, 3.63) is 53.1 Å². The molecule has 0 saturated heterocycles. The molecule has 134 valence electrons.